The monoisotopic (exact) mass is 355 g/mol. The first-order valence-corrected chi connectivity index (χ1v) is 9.88. The average molecular weight is 355 g/mol. The van der Waals surface area contributed by atoms with Crippen molar-refractivity contribution >= 4 is 16.8 Å². The number of aromatic amines is 1. The SMILES string of the molecule is Cc1c(CN2CC3CCC(C2)N(CC2CC2)C3=O)[nH]c2ccc(F)cc12. The second-order valence-electron chi connectivity index (χ2n) is 8.47. The Bertz CT molecular complexity index is 856. The maximum Gasteiger partial charge on any atom is 0.227 e. The number of carbonyl (C=O) groups excluding carboxylic acids is 1. The molecule has 1 aliphatic carbocycles. The van der Waals surface area contributed by atoms with Gasteiger partial charge in [-0.15, -0.1) is 0 Å². The van der Waals surface area contributed by atoms with Crippen LogP contribution in [0.1, 0.15) is 36.9 Å². The van der Waals surface area contributed by atoms with Gasteiger partial charge in [-0.05, 0) is 62.3 Å². The molecular formula is C21H26FN3O. The van der Waals surface area contributed by atoms with Crippen molar-refractivity contribution in [2.24, 2.45) is 11.8 Å². The lowest BCUT2D eigenvalue weighted by molar-refractivity contribution is -0.140. The van der Waals surface area contributed by atoms with E-state index in [1.54, 1.807) is 6.07 Å². The molecule has 4 fully saturated rings. The molecule has 1 saturated carbocycles. The van der Waals surface area contributed by atoms with Crippen LogP contribution in [-0.2, 0) is 11.3 Å². The zero-order chi connectivity index (χ0) is 17.8. The van der Waals surface area contributed by atoms with E-state index in [1.165, 1.54) is 18.9 Å². The van der Waals surface area contributed by atoms with Gasteiger partial charge in [0, 0.05) is 48.8 Å². The van der Waals surface area contributed by atoms with Crippen molar-refractivity contribution in [3.05, 3.63) is 35.3 Å². The highest BCUT2D eigenvalue weighted by Gasteiger charge is 2.42. The number of piperidine rings is 1. The van der Waals surface area contributed by atoms with Crippen LogP contribution >= 0.6 is 0 Å². The molecule has 0 radical (unpaired) electrons. The van der Waals surface area contributed by atoms with Crippen LogP contribution in [0.25, 0.3) is 10.9 Å². The number of amides is 1. The maximum atomic E-state index is 13.6. The van der Waals surface area contributed by atoms with Crippen molar-refractivity contribution < 1.29 is 9.18 Å². The van der Waals surface area contributed by atoms with E-state index in [0.717, 1.165) is 67.1 Å². The summed E-state index contributed by atoms with van der Waals surface area (Å²) in [7, 11) is 0. The average Bonchev–Trinajstić information content (AvgIpc) is 3.42. The van der Waals surface area contributed by atoms with E-state index in [4.69, 9.17) is 0 Å². The molecule has 4 nitrogen and oxygen atoms in total. The van der Waals surface area contributed by atoms with Gasteiger partial charge in [0.1, 0.15) is 5.82 Å². The summed E-state index contributed by atoms with van der Waals surface area (Å²) < 4.78 is 13.6. The summed E-state index contributed by atoms with van der Waals surface area (Å²) in [6.45, 7) is 5.64. The number of hydrogen-bond donors (Lipinski definition) is 1. The number of nitrogens with one attached hydrogen (secondary N) is 1. The molecule has 2 bridgehead atoms. The van der Waals surface area contributed by atoms with Crippen molar-refractivity contribution in [3.8, 4) is 0 Å². The van der Waals surface area contributed by atoms with E-state index in [0.29, 0.717) is 11.9 Å². The third-order valence-electron chi connectivity index (χ3n) is 6.53. The molecule has 2 unspecified atom stereocenters. The lowest BCUT2D eigenvalue weighted by Gasteiger charge is -2.36. The highest BCUT2D eigenvalue weighted by atomic mass is 19.1. The van der Waals surface area contributed by atoms with Crippen molar-refractivity contribution in [2.75, 3.05) is 19.6 Å². The van der Waals surface area contributed by atoms with Crippen molar-refractivity contribution in [1.82, 2.24) is 14.8 Å². The summed E-state index contributed by atoms with van der Waals surface area (Å²) in [4.78, 5) is 21.0. The van der Waals surface area contributed by atoms with Gasteiger partial charge in [-0.2, -0.15) is 0 Å². The van der Waals surface area contributed by atoms with Gasteiger partial charge in [-0.1, -0.05) is 0 Å². The van der Waals surface area contributed by atoms with Gasteiger partial charge in [-0.25, -0.2) is 4.39 Å². The normalized spacial score (nSPS) is 26.7. The van der Waals surface area contributed by atoms with E-state index in [2.05, 4.69) is 21.7 Å². The van der Waals surface area contributed by atoms with Crippen LogP contribution in [0.15, 0.2) is 18.2 Å². The summed E-state index contributed by atoms with van der Waals surface area (Å²) in [5.41, 5.74) is 3.26. The molecule has 26 heavy (non-hydrogen) atoms. The summed E-state index contributed by atoms with van der Waals surface area (Å²) in [5, 5.41) is 0.962. The third-order valence-corrected chi connectivity index (χ3v) is 6.53. The van der Waals surface area contributed by atoms with E-state index in [9.17, 15) is 9.18 Å². The van der Waals surface area contributed by atoms with E-state index in [1.807, 2.05) is 6.07 Å². The number of carbonyl (C=O) groups is 1. The molecule has 4 heterocycles. The summed E-state index contributed by atoms with van der Waals surface area (Å²) in [5.74, 6) is 1.08. The molecule has 138 valence electrons. The molecule has 1 aromatic heterocycles. The molecule has 5 heteroatoms. The first-order chi connectivity index (χ1) is 12.6. The topological polar surface area (TPSA) is 39.3 Å². The lowest BCUT2D eigenvalue weighted by Crippen LogP contribution is -2.48. The quantitative estimate of drug-likeness (QED) is 0.912. The van der Waals surface area contributed by atoms with E-state index < -0.39 is 0 Å². The fraction of sp³-hybridized carbons (Fsp3) is 0.571. The number of benzene rings is 1. The largest absolute Gasteiger partial charge is 0.357 e. The zero-order valence-corrected chi connectivity index (χ0v) is 15.3. The highest BCUT2D eigenvalue weighted by Crippen LogP contribution is 2.36. The molecule has 1 amide bonds. The molecular weight excluding hydrogens is 329 g/mol. The van der Waals surface area contributed by atoms with Crippen LogP contribution in [0.5, 0.6) is 0 Å². The van der Waals surface area contributed by atoms with Gasteiger partial charge in [0.05, 0.1) is 5.92 Å². The van der Waals surface area contributed by atoms with Crippen LogP contribution in [0.4, 0.5) is 4.39 Å². The summed E-state index contributed by atoms with van der Waals surface area (Å²) in [6, 6.07) is 5.29. The van der Waals surface area contributed by atoms with Crippen molar-refractivity contribution in [1.29, 1.82) is 0 Å². The summed E-state index contributed by atoms with van der Waals surface area (Å²) >= 11 is 0. The predicted octanol–water partition coefficient (Wildman–Crippen LogP) is 3.45. The Morgan fingerprint density at radius 2 is 2.04 bits per heavy atom. The number of aromatic nitrogens is 1. The van der Waals surface area contributed by atoms with Gasteiger partial charge in [0.2, 0.25) is 5.91 Å². The minimum absolute atomic E-state index is 0.148. The molecule has 3 saturated heterocycles. The van der Waals surface area contributed by atoms with Crippen LogP contribution in [0.3, 0.4) is 0 Å². The minimum Gasteiger partial charge on any atom is -0.357 e. The number of aryl methyl sites for hydroxylation is 1. The maximum absolute atomic E-state index is 13.6. The van der Waals surface area contributed by atoms with E-state index in [-0.39, 0.29) is 11.7 Å². The first kappa shape index (κ1) is 16.3. The first-order valence-electron chi connectivity index (χ1n) is 9.88. The molecule has 4 aliphatic rings. The number of nitrogens with zero attached hydrogens (tertiary/aromatic N) is 2. The Hall–Kier alpha value is -1.88. The summed E-state index contributed by atoms with van der Waals surface area (Å²) in [6.07, 6.45) is 4.74. The number of halogens is 1. The second-order valence-corrected chi connectivity index (χ2v) is 8.47. The Balaban J connectivity index is 1.38. The number of rotatable bonds is 4. The molecule has 0 spiro atoms. The van der Waals surface area contributed by atoms with Crippen molar-refractivity contribution in [2.45, 2.75) is 45.2 Å². The van der Waals surface area contributed by atoms with Gasteiger partial charge in [-0.3, -0.25) is 9.69 Å². The Morgan fingerprint density at radius 1 is 1.19 bits per heavy atom. The minimum atomic E-state index is -0.194. The Morgan fingerprint density at radius 3 is 2.85 bits per heavy atom. The fourth-order valence-corrected chi connectivity index (χ4v) is 4.81. The highest BCUT2D eigenvalue weighted by molar-refractivity contribution is 5.84. The predicted molar refractivity (Wildman–Crippen MR) is 99.2 cm³/mol. The van der Waals surface area contributed by atoms with Gasteiger partial charge >= 0.3 is 0 Å². The van der Waals surface area contributed by atoms with Crippen LogP contribution in [0.2, 0.25) is 0 Å². The van der Waals surface area contributed by atoms with Crippen molar-refractivity contribution in [3.63, 3.8) is 0 Å². The zero-order valence-electron chi connectivity index (χ0n) is 15.3. The number of fused-ring (bicyclic) bond motifs is 5. The van der Waals surface area contributed by atoms with Gasteiger partial charge < -0.3 is 9.88 Å². The molecule has 2 atom stereocenters. The Kier molecular flexibility index (Phi) is 3.82. The van der Waals surface area contributed by atoms with Gasteiger partial charge in [0.25, 0.3) is 0 Å². The van der Waals surface area contributed by atoms with E-state index >= 15 is 0 Å². The van der Waals surface area contributed by atoms with Crippen LogP contribution in [0, 0.1) is 24.6 Å². The molecule has 3 aliphatic heterocycles. The molecule has 1 N–H and O–H groups in total. The molecule has 1 aromatic carbocycles. The number of hydrogen-bond acceptors (Lipinski definition) is 2. The van der Waals surface area contributed by atoms with Crippen LogP contribution in [-0.4, -0.2) is 46.4 Å². The number of H-pyrrole nitrogens is 1. The molecule has 6 rings (SSSR count). The van der Waals surface area contributed by atoms with Gasteiger partial charge in [0.15, 0.2) is 0 Å². The van der Waals surface area contributed by atoms with Crippen LogP contribution < -0.4 is 0 Å². The Labute approximate surface area is 153 Å². The standard InChI is InChI=1S/C21H26FN3O/c1-13-18-8-16(22)5-7-19(18)23-20(13)12-24-10-15-4-6-17(11-24)25(21(15)26)9-14-2-3-14/h5,7-8,14-15,17,23H,2-4,6,9-12H2,1H3. The molecule has 2 aromatic rings. The fourth-order valence-electron chi connectivity index (χ4n) is 4.81. The smallest absolute Gasteiger partial charge is 0.227 e. The third kappa shape index (κ3) is 2.82. The second kappa shape index (κ2) is 6.08. The lowest BCUT2D eigenvalue weighted by atomic mass is 9.94.